The molecule has 2 nitrogen and oxygen atoms in total. The Labute approximate surface area is 184 Å². The Morgan fingerprint density at radius 3 is 2.60 bits per heavy atom. The molecule has 1 heterocycles. The lowest BCUT2D eigenvalue weighted by atomic mass is 9.80. The summed E-state index contributed by atoms with van der Waals surface area (Å²) in [4.78, 5) is 0. The summed E-state index contributed by atoms with van der Waals surface area (Å²) in [5, 5.41) is 4.40. The molecule has 0 unspecified atom stereocenters. The first kappa shape index (κ1) is 20.7. The zero-order valence-corrected chi connectivity index (χ0v) is 18.6. The molecule has 1 aliphatic carbocycles. The third kappa shape index (κ3) is 4.45. The lowest BCUT2D eigenvalue weighted by Gasteiger charge is -2.23. The van der Waals surface area contributed by atoms with E-state index in [0.29, 0.717) is 0 Å². The van der Waals surface area contributed by atoms with Crippen molar-refractivity contribution < 1.29 is 5.73 Å². The molecule has 4 rings (SSSR count). The molecule has 154 valence electrons. The summed E-state index contributed by atoms with van der Waals surface area (Å²) in [6.45, 7) is 4.55. The van der Waals surface area contributed by atoms with Gasteiger partial charge in [0, 0.05) is 28.4 Å². The van der Waals surface area contributed by atoms with Crippen LogP contribution in [0.15, 0.2) is 94.7 Å². The lowest BCUT2D eigenvalue weighted by molar-refractivity contribution is -0.256. The van der Waals surface area contributed by atoms with E-state index in [-0.39, 0.29) is 5.41 Å². The molecule has 2 aliphatic rings. The molecule has 0 bridgehead atoms. The van der Waals surface area contributed by atoms with Crippen LogP contribution in [0.5, 0.6) is 0 Å². The summed E-state index contributed by atoms with van der Waals surface area (Å²) in [5.41, 5.74) is 12.9. The van der Waals surface area contributed by atoms with E-state index in [1.54, 1.807) is 0 Å². The highest BCUT2D eigenvalue weighted by molar-refractivity contribution is 6.33. The minimum Gasteiger partial charge on any atom is -0.358 e. The number of benzene rings is 2. The quantitative estimate of drug-likeness (QED) is 0.568. The second-order valence-corrected chi connectivity index (χ2v) is 9.21. The monoisotopic (exact) mass is 417 g/mol. The summed E-state index contributed by atoms with van der Waals surface area (Å²) in [6.07, 6.45) is 12.8. The zero-order valence-electron chi connectivity index (χ0n) is 17.8. The smallest absolute Gasteiger partial charge is 0.131 e. The Morgan fingerprint density at radius 1 is 1.03 bits per heavy atom. The molecule has 0 saturated carbocycles. The second-order valence-electron chi connectivity index (χ2n) is 8.83. The molecule has 0 aromatic heterocycles. The first-order valence-corrected chi connectivity index (χ1v) is 11.0. The van der Waals surface area contributed by atoms with Crippen LogP contribution in [0.1, 0.15) is 44.2 Å². The van der Waals surface area contributed by atoms with Crippen LogP contribution in [0.25, 0.3) is 0 Å². The predicted molar refractivity (Wildman–Crippen MR) is 128 cm³/mol. The molecule has 2 aromatic carbocycles. The molecule has 0 fully saturated rings. The molecule has 1 aliphatic heterocycles. The van der Waals surface area contributed by atoms with Gasteiger partial charge in [0.25, 0.3) is 0 Å². The van der Waals surface area contributed by atoms with Crippen LogP contribution >= 0.6 is 11.6 Å². The number of fused-ring (bicyclic) bond motifs is 1. The van der Waals surface area contributed by atoms with Crippen LogP contribution in [0.4, 0.5) is 11.4 Å². The summed E-state index contributed by atoms with van der Waals surface area (Å²) >= 11 is 6.71. The van der Waals surface area contributed by atoms with Crippen molar-refractivity contribution in [3.63, 3.8) is 0 Å². The molecule has 0 amide bonds. The minimum absolute atomic E-state index is 0.0483. The Balaban J connectivity index is 1.43. The molecule has 0 radical (unpaired) electrons. The Morgan fingerprint density at radius 2 is 1.80 bits per heavy atom. The van der Waals surface area contributed by atoms with Crippen LogP contribution in [-0.4, -0.2) is 0 Å². The largest absolute Gasteiger partial charge is 0.358 e. The fraction of sp³-hybridized carbons (Fsp3) is 0.259. The van der Waals surface area contributed by atoms with Gasteiger partial charge in [-0.2, -0.15) is 0 Å². The maximum atomic E-state index is 6.71. The molecular weight excluding hydrogens is 388 g/mol. The summed E-state index contributed by atoms with van der Waals surface area (Å²) in [5.74, 6) is 0. The van der Waals surface area contributed by atoms with Crippen molar-refractivity contribution in [1.82, 2.24) is 0 Å². The third-order valence-corrected chi connectivity index (χ3v) is 6.59. The Bertz CT molecular complexity index is 1040. The lowest BCUT2D eigenvalue weighted by Crippen LogP contribution is -2.43. The van der Waals surface area contributed by atoms with Crippen LogP contribution in [0.2, 0.25) is 0 Å². The van der Waals surface area contributed by atoms with Gasteiger partial charge in [0.2, 0.25) is 0 Å². The fourth-order valence-corrected chi connectivity index (χ4v) is 4.63. The van der Waals surface area contributed by atoms with Gasteiger partial charge in [0.05, 0.1) is 0 Å². The molecule has 4 N–H and O–H groups in total. The van der Waals surface area contributed by atoms with Crippen LogP contribution in [-0.2, 0) is 11.8 Å². The normalized spacial score (nSPS) is 19.2. The highest BCUT2D eigenvalue weighted by atomic mass is 35.5. The van der Waals surface area contributed by atoms with Gasteiger partial charge < -0.3 is 11.1 Å². The van der Waals surface area contributed by atoms with Crippen molar-refractivity contribution in [3.8, 4) is 0 Å². The van der Waals surface area contributed by atoms with Crippen molar-refractivity contribution in [2.75, 3.05) is 5.32 Å². The summed E-state index contributed by atoms with van der Waals surface area (Å²) < 4.78 is 0. The van der Waals surface area contributed by atoms with E-state index < -0.39 is 0 Å². The molecule has 30 heavy (non-hydrogen) atoms. The predicted octanol–water partition coefficient (Wildman–Crippen LogP) is 6.55. The third-order valence-electron chi connectivity index (χ3n) is 6.10. The highest BCUT2D eigenvalue weighted by Gasteiger charge is 2.23. The maximum Gasteiger partial charge on any atom is 0.131 e. The van der Waals surface area contributed by atoms with Gasteiger partial charge in [0.15, 0.2) is 0 Å². The molecule has 0 atom stereocenters. The van der Waals surface area contributed by atoms with Crippen LogP contribution in [0, 0.1) is 0 Å². The fourth-order valence-electron chi connectivity index (χ4n) is 4.31. The van der Waals surface area contributed by atoms with E-state index >= 15 is 0 Å². The highest BCUT2D eigenvalue weighted by Crippen LogP contribution is 2.37. The second kappa shape index (κ2) is 8.67. The van der Waals surface area contributed by atoms with Gasteiger partial charge in [-0.25, -0.2) is 0 Å². The van der Waals surface area contributed by atoms with Gasteiger partial charge in [0.1, 0.15) is 5.69 Å². The van der Waals surface area contributed by atoms with Crippen molar-refractivity contribution in [3.05, 3.63) is 106 Å². The number of anilines is 1. The zero-order chi connectivity index (χ0) is 21.1. The van der Waals surface area contributed by atoms with E-state index in [2.05, 4.69) is 91.7 Å². The molecule has 0 spiro atoms. The van der Waals surface area contributed by atoms with E-state index in [0.717, 1.165) is 36.4 Å². The van der Waals surface area contributed by atoms with Gasteiger partial charge in [-0.05, 0) is 59.6 Å². The first-order chi connectivity index (χ1) is 14.4. The number of hydrogen-bond donors (Lipinski definition) is 2. The molecular formula is C27H30ClN2+. The van der Waals surface area contributed by atoms with E-state index in [9.17, 15) is 0 Å². The minimum atomic E-state index is 0.0483. The van der Waals surface area contributed by atoms with Crippen molar-refractivity contribution in [1.29, 1.82) is 0 Å². The molecule has 2 aromatic rings. The SMILES string of the molecule is CC(C)(C/C=C/C1=C(Cl)C(=C/C=C2\Cc3ccccc3N2)/CC1)c1ccccc1[NH3+]. The molecule has 0 saturated heterocycles. The number of hydrogen-bond acceptors (Lipinski definition) is 1. The number of rotatable bonds is 5. The summed E-state index contributed by atoms with van der Waals surface area (Å²) in [7, 11) is 0. The van der Waals surface area contributed by atoms with Crippen molar-refractivity contribution >= 4 is 23.0 Å². The average molecular weight is 418 g/mol. The van der Waals surface area contributed by atoms with Crippen LogP contribution < -0.4 is 11.1 Å². The van der Waals surface area contributed by atoms with Gasteiger partial charge >= 0.3 is 0 Å². The van der Waals surface area contributed by atoms with Crippen molar-refractivity contribution in [2.45, 2.75) is 44.9 Å². The molecule has 3 heteroatoms. The van der Waals surface area contributed by atoms with E-state index in [1.165, 1.54) is 33.7 Å². The number of nitrogens with one attached hydrogen (secondary N) is 1. The standard InChI is InChI=1S/C27H29ClN2/c1-27(2,23-10-4-5-11-24(23)29)17-7-9-19-13-14-20(26(19)28)15-16-22-18-21-8-3-6-12-25(21)30-22/h3-12,15-16,30H,13-14,17-18,29H2,1-2H3/p+1/b9-7+,20-15+,22-16+. The van der Waals surface area contributed by atoms with Gasteiger partial charge in [-0.15, -0.1) is 0 Å². The van der Waals surface area contributed by atoms with Gasteiger partial charge in [-0.1, -0.05) is 80.1 Å². The van der Waals surface area contributed by atoms with E-state index in [4.69, 9.17) is 11.6 Å². The van der Waals surface area contributed by atoms with Gasteiger partial charge in [-0.3, -0.25) is 0 Å². The number of halogens is 1. The number of allylic oxidation sites excluding steroid dienone is 8. The first-order valence-electron chi connectivity index (χ1n) is 10.7. The topological polar surface area (TPSA) is 39.7 Å². The Kier molecular flexibility index (Phi) is 5.99. The summed E-state index contributed by atoms with van der Waals surface area (Å²) in [6, 6.07) is 16.9. The van der Waals surface area contributed by atoms with E-state index in [1.807, 2.05) is 6.07 Å². The Hall–Kier alpha value is -2.55. The number of para-hydroxylation sites is 1. The number of quaternary nitrogens is 1. The maximum absolute atomic E-state index is 6.71. The average Bonchev–Trinajstić information content (AvgIpc) is 3.30. The van der Waals surface area contributed by atoms with Crippen LogP contribution in [0.3, 0.4) is 0 Å². The van der Waals surface area contributed by atoms with Crippen molar-refractivity contribution in [2.24, 2.45) is 0 Å².